The fourth-order valence-corrected chi connectivity index (χ4v) is 3.22. The minimum absolute atomic E-state index is 0.131. The van der Waals surface area contributed by atoms with Crippen molar-refractivity contribution in [3.63, 3.8) is 0 Å². The second-order valence-corrected chi connectivity index (χ2v) is 6.71. The van der Waals surface area contributed by atoms with E-state index in [0.29, 0.717) is 25.7 Å². The molecule has 0 radical (unpaired) electrons. The predicted molar refractivity (Wildman–Crippen MR) is 107 cm³/mol. The molecule has 2 heterocycles. The molecule has 0 saturated carbocycles. The number of fused-ring (bicyclic) bond motifs is 1. The van der Waals surface area contributed by atoms with Crippen LogP contribution >= 0.6 is 0 Å². The summed E-state index contributed by atoms with van der Waals surface area (Å²) >= 11 is 0. The summed E-state index contributed by atoms with van der Waals surface area (Å²) in [7, 11) is 0. The minimum atomic E-state index is -2.63. The lowest BCUT2D eigenvalue weighted by atomic mass is 10.1. The van der Waals surface area contributed by atoms with Crippen LogP contribution in [-0.2, 0) is 19.5 Å². The van der Waals surface area contributed by atoms with Crippen molar-refractivity contribution in [2.75, 3.05) is 13.2 Å². The van der Waals surface area contributed by atoms with E-state index in [0.717, 1.165) is 33.6 Å². The number of aromatic nitrogens is 2. The van der Waals surface area contributed by atoms with Gasteiger partial charge in [-0.2, -0.15) is 8.78 Å². The normalized spacial score (nSPS) is 15.9. The third-order valence-corrected chi connectivity index (χ3v) is 4.50. The summed E-state index contributed by atoms with van der Waals surface area (Å²) in [6.45, 7) is 4.97. The number of imidazole rings is 1. The first-order valence-corrected chi connectivity index (χ1v) is 9.79. The monoisotopic (exact) mass is 407 g/mol. The molecule has 29 heavy (non-hydrogen) atoms. The van der Waals surface area contributed by atoms with Crippen molar-refractivity contribution in [3.05, 3.63) is 41.5 Å². The highest BCUT2D eigenvalue weighted by atomic mass is 19.3. The largest absolute Gasteiger partial charge is 0.494 e. The van der Waals surface area contributed by atoms with Crippen LogP contribution in [0.4, 0.5) is 8.78 Å². The maximum absolute atomic E-state index is 13.0. The lowest BCUT2D eigenvalue weighted by Crippen LogP contribution is -2.37. The van der Waals surface area contributed by atoms with Gasteiger partial charge in [-0.1, -0.05) is 0 Å². The minimum Gasteiger partial charge on any atom is -0.494 e. The molecule has 1 atom stereocenters. The Bertz CT molecular complexity index is 853. The number of nitrogens with one attached hydrogen (secondary N) is 2. The predicted octanol–water partition coefficient (Wildman–Crippen LogP) is 3.26. The Morgan fingerprint density at radius 1 is 1.38 bits per heavy atom. The number of guanidine groups is 1. The summed E-state index contributed by atoms with van der Waals surface area (Å²) in [5.41, 5.74) is 2.04. The van der Waals surface area contributed by atoms with Crippen molar-refractivity contribution in [2.24, 2.45) is 4.99 Å². The van der Waals surface area contributed by atoms with E-state index in [2.05, 4.69) is 20.6 Å². The zero-order valence-corrected chi connectivity index (χ0v) is 16.9. The van der Waals surface area contributed by atoms with Gasteiger partial charge in [-0.15, -0.1) is 0 Å². The molecule has 0 saturated heterocycles. The van der Waals surface area contributed by atoms with Gasteiger partial charge in [-0.05, 0) is 32.9 Å². The lowest BCUT2D eigenvalue weighted by Gasteiger charge is -2.14. The Balaban J connectivity index is 1.74. The molecule has 2 N–H and O–H groups in total. The van der Waals surface area contributed by atoms with Gasteiger partial charge in [-0.25, -0.2) is 9.98 Å². The van der Waals surface area contributed by atoms with Gasteiger partial charge in [0.25, 0.3) is 0 Å². The molecule has 1 aromatic heterocycles. The van der Waals surface area contributed by atoms with Gasteiger partial charge >= 0.3 is 6.55 Å². The van der Waals surface area contributed by atoms with Crippen LogP contribution in [0.3, 0.4) is 0 Å². The van der Waals surface area contributed by atoms with E-state index in [-0.39, 0.29) is 18.5 Å². The van der Waals surface area contributed by atoms with Crippen molar-refractivity contribution in [2.45, 2.75) is 52.9 Å². The summed E-state index contributed by atoms with van der Waals surface area (Å²) in [6.07, 6.45) is 3.62. The first kappa shape index (κ1) is 20.9. The maximum Gasteiger partial charge on any atom is 0.319 e. The van der Waals surface area contributed by atoms with Crippen LogP contribution in [0.2, 0.25) is 0 Å². The molecule has 2 aromatic rings. The van der Waals surface area contributed by atoms with Crippen LogP contribution in [0.15, 0.2) is 29.5 Å². The summed E-state index contributed by atoms with van der Waals surface area (Å²) in [5, 5.41) is 6.17. The zero-order valence-electron chi connectivity index (χ0n) is 16.9. The smallest absolute Gasteiger partial charge is 0.319 e. The number of halogens is 2. The molecule has 1 aliphatic heterocycles. The van der Waals surface area contributed by atoms with Gasteiger partial charge < -0.3 is 20.1 Å². The molecule has 0 aliphatic carbocycles. The first-order valence-electron chi connectivity index (χ1n) is 9.79. The number of nitrogens with zero attached hydrogens (tertiary/aromatic N) is 3. The van der Waals surface area contributed by atoms with Crippen LogP contribution in [0.5, 0.6) is 11.5 Å². The lowest BCUT2D eigenvalue weighted by molar-refractivity contribution is 0.0668. The quantitative estimate of drug-likeness (QED) is 0.519. The molecule has 3 rings (SSSR count). The highest BCUT2D eigenvalue weighted by Crippen LogP contribution is 2.35. The Labute approximate surface area is 169 Å². The van der Waals surface area contributed by atoms with E-state index in [9.17, 15) is 8.78 Å². The fraction of sp³-hybridized carbons (Fsp3) is 0.500. The molecule has 7 nitrogen and oxygen atoms in total. The SMILES string of the molecule is CCNC(=NCc1cc2c(cc1OCC)CC(C)O2)NCc1nccn1C(F)F. The van der Waals surface area contributed by atoms with Crippen molar-refractivity contribution in [3.8, 4) is 11.5 Å². The Kier molecular flexibility index (Phi) is 6.90. The van der Waals surface area contributed by atoms with Crippen LogP contribution in [-0.4, -0.2) is 34.8 Å². The summed E-state index contributed by atoms with van der Waals surface area (Å²) in [5.74, 6) is 2.40. The van der Waals surface area contributed by atoms with Crippen LogP contribution in [0, 0.1) is 0 Å². The third kappa shape index (κ3) is 5.16. The Hall–Kier alpha value is -2.84. The highest BCUT2D eigenvalue weighted by molar-refractivity contribution is 5.79. The van der Waals surface area contributed by atoms with E-state index in [1.165, 1.54) is 12.4 Å². The number of ether oxygens (including phenoxy) is 2. The summed E-state index contributed by atoms with van der Waals surface area (Å²) < 4.78 is 38.4. The van der Waals surface area contributed by atoms with Gasteiger partial charge in [0.2, 0.25) is 0 Å². The zero-order chi connectivity index (χ0) is 20.8. The molecule has 1 aromatic carbocycles. The summed E-state index contributed by atoms with van der Waals surface area (Å²) in [4.78, 5) is 8.55. The van der Waals surface area contributed by atoms with E-state index in [1.54, 1.807) is 0 Å². The molecule has 1 unspecified atom stereocenters. The van der Waals surface area contributed by atoms with Crippen molar-refractivity contribution in [1.82, 2.24) is 20.2 Å². The van der Waals surface area contributed by atoms with E-state index in [4.69, 9.17) is 9.47 Å². The molecular formula is C20H27F2N5O2. The number of alkyl halides is 2. The molecule has 0 spiro atoms. The van der Waals surface area contributed by atoms with Crippen LogP contribution in [0.25, 0.3) is 0 Å². The highest BCUT2D eigenvalue weighted by Gasteiger charge is 2.22. The van der Waals surface area contributed by atoms with Gasteiger partial charge in [0.15, 0.2) is 5.96 Å². The molecule has 1 aliphatic rings. The van der Waals surface area contributed by atoms with E-state index in [1.807, 2.05) is 32.9 Å². The summed E-state index contributed by atoms with van der Waals surface area (Å²) in [6, 6.07) is 3.99. The van der Waals surface area contributed by atoms with Gasteiger partial charge in [-0.3, -0.25) is 4.57 Å². The first-order chi connectivity index (χ1) is 14.0. The Morgan fingerprint density at radius 3 is 2.93 bits per heavy atom. The van der Waals surface area contributed by atoms with Crippen LogP contribution in [0.1, 0.15) is 44.3 Å². The van der Waals surface area contributed by atoms with Gasteiger partial charge in [0, 0.05) is 36.5 Å². The maximum atomic E-state index is 13.0. The second kappa shape index (κ2) is 9.58. The number of benzene rings is 1. The topological polar surface area (TPSA) is 72.7 Å². The Morgan fingerprint density at radius 2 is 2.21 bits per heavy atom. The second-order valence-electron chi connectivity index (χ2n) is 6.71. The molecule has 9 heteroatoms. The average Bonchev–Trinajstić information content (AvgIpc) is 3.29. The van der Waals surface area contributed by atoms with Crippen molar-refractivity contribution < 1.29 is 18.3 Å². The molecule has 0 bridgehead atoms. The van der Waals surface area contributed by atoms with Gasteiger partial charge in [0.05, 0.1) is 19.7 Å². The van der Waals surface area contributed by atoms with E-state index >= 15 is 0 Å². The standard InChI is InChI=1S/C20H27F2N5O2/c1-4-23-20(26-12-18-24-6-7-27(18)19(21)22)25-11-15-10-17-14(8-13(3)29-17)9-16(15)28-5-2/h6-7,9-10,13,19H,4-5,8,11-12H2,1-3H3,(H2,23,25,26). The number of rotatable bonds is 8. The molecule has 0 fully saturated rings. The van der Waals surface area contributed by atoms with Crippen molar-refractivity contribution >= 4 is 5.96 Å². The number of aliphatic imine (C=N–C) groups is 1. The molecule has 158 valence electrons. The average molecular weight is 407 g/mol. The number of hydrogen-bond acceptors (Lipinski definition) is 4. The fourth-order valence-electron chi connectivity index (χ4n) is 3.22. The van der Waals surface area contributed by atoms with Gasteiger partial charge in [0.1, 0.15) is 23.4 Å². The third-order valence-electron chi connectivity index (χ3n) is 4.50. The number of hydrogen-bond donors (Lipinski definition) is 2. The van der Waals surface area contributed by atoms with Crippen LogP contribution < -0.4 is 20.1 Å². The van der Waals surface area contributed by atoms with E-state index < -0.39 is 6.55 Å². The molecular weight excluding hydrogens is 380 g/mol. The van der Waals surface area contributed by atoms with Crippen molar-refractivity contribution in [1.29, 1.82) is 0 Å². The molecule has 0 amide bonds.